The molecular formula is C23H28N4O. The zero-order valence-corrected chi connectivity index (χ0v) is 16.2. The van der Waals surface area contributed by atoms with E-state index in [1.165, 1.54) is 5.69 Å². The van der Waals surface area contributed by atoms with E-state index in [2.05, 4.69) is 56.5 Å². The Bertz CT molecular complexity index is 897. The Morgan fingerprint density at radius 2 is 1.71 bits per heavy atom. The van der Waals surface area contributed by atoms with Crippen LogP contribution in [0.2, 0.25) is 0 Å². The predicted molar refractivity (Wildman–Crippen MR) is 115 cm³/mol. The summed E-state index contributed by atoms with van der Waals surface area (Å²) in [5.74, 6) is 0.0960. The minimum atomic E-state index is 0.0960. The van der Waals surface area contributed by atoms with Crippen molar-refractivity contribution in [1.82, 2.24) is 15.2 Å². The molecule has 0 bridgehead atoms. The monoisotopic (exact) mass is 376 g/mol. The molecule has 0 spiro atoms. The third-order valence-corrected chi connectivity index (χ3v) is 5.49. The first-order chi connectivity index (χ1) is 13.8. The van der Waals surface area contributed by atoms with Gasteiger partial charge in [-0.25, -0.2) is 0 Å². The Balaban J connectivity index is 1.15. The van der Waals surface area contributed by atoms with Gasteiger partial charge in [0.15, 0.2) is 0 Å². The van der Waals surface area contributed by atoms with Crippen LogP contribution in [0.4, 0.5) is 5.69 Å². The van der Waals surface area contributed by atoms with Crippen LogP contribution in [0.5, 0.6) is 0 Å². The van der Waals surface area contributed by atoms with Crippen molar-refractivity contribution in [2.24, 2.45) is 0 Å². The number of hydrogen-bond acceptors (Lipinski definition) is 3. The molecule has 0 aliphatic carbocycles. The number of aromatic nitrogens is 1. The quantitative estimate of drug-likeness (QED) is 0.623. The number of para-hydroxylation sites is 2. The molecule has 0 unspecified atom stereocenters. The summed E-state index contributed by atoms with van der Waals surface area (Å²) in [7, 11) is 0. The van der Waals surface area contributed by atoms with Gasteiger partial charge in [-0.1, -0.05) is 36.4 Å². The molecule has 0 atom stereocenters. The number of carbonyl (C=O) groups excluding carboxylic acids is 1. The molecule has 146 valence electrons. The van der Waals surface area contributed by atoms with Gasteiger partial charge in [0.2, 0.25) is 5.91 Å². The van der Waals surface area contributed by atoms with Crippen molar-refractivity contribution in [3.63, 3.8) is 0 Å². The lowest BCUT2D eigenvalue weighted by Crippen LogP contribution is -2.47. The topological polar surface area (TPSA) is 51.4 Å². The van der Waals surface area contributed by atoms with E-state index in [1.54, 1.807) is 0 Å². The SMILES string of the molecule is O=C(Cc1c[nH]c2ccccc12)NCCCN1CCN(c2ccccc2)CC1. The van der Waals surface area contributed by atoms with Gasteiger partial charge < -0.3 is 15.2 Å². The van der Waals surface area contributed by atoms with E-state index in [1.807, 2.05) is 24.4 Å². The fourth-order valence-corrected chi connectivity index (χ4v) is 3.91. The summed E-state index contributed by atoms with van der Waals surface area (Å²) in [4.78, 5) is 20.4. The third kappa shape index (κ3) is 4.54. The first-order valence-electron chi connectivity index (χ1n) is 10.1. The Hall–Kier alpha value is -2.79. The Morgan fingerprint density at radius 1 is 0.964 bits per heavy atom. The maximum absolute atomic E-state index is 12.3. The smallest absolute Gasteiger partial charge is 0.224 e. The Labute approximate surface area is 166 Å². The normalized spacial score (nSPS) is 15.1. The second-order valence-electron chi connectivity index (χ2n) is 7.40. The molecule has 2 heterocycles. The summed E-state index contributed by atoms with van der Waals surface area (Å²) < 4.78 is 0. The highest BCUT2D eigenvalue weighted by Gasteiger charge is 2.16. The molecular weight excluding hydrogens is 348 g/mol. The third-order valence-electron chi connectivity index (χ3n) is 5.49. The second kappa shape index (κ2) is 8.93. The predicted octanol–water partition coefficient (Wildman–Crippen LogP) is 3.04. The average Bonchev–Trinajstić information content (AvgIpc) is 3.15. The minimum absolute atomic E-state index is 0.0960. The van der Waals surface area contributed by atoms with Crippen molar-refractivity contribution in [2.75, 3.05) is 44.2 Å². The van der Waals surface area contributed by atoms with E-state index in [0.717, 1.165) is 62.2 Å². The maximum atomic E-state index is 12.3. The van der Waals surface area contributed by atoms with Gasteiger partial charge >= 0.3 is 0 Å². The summed E-state index contributed by atoms with van der Waals surface area (Å²) in [6.45, 7) is 6.07. The summed E-state index contributed by atoms with van der Waals surface area (Å²) in [6, 6.07) is 18.7. The fraction of sp³-hybridized carbons (Fsp3) is 0.348. The largest absolute Gasteiger partial charge is 0.369 e. The number of anilines is 1. The standard InChI is InChI=1S/C23H28N4O/c28-23(17-19-18-25-22-10-5-4-9-21(19)22)24-11-6-12-26-13-15-27(16-14-26)20-7-2-1-3-8-20/h1-5,7-10,18,25H,6,11-17H2,(H,24,28). The van der Waals surface area contributed by atoms with E-state index < -0.39 is 0 Å². The lowest BCUT2D eigenvalue weighted by Gasteiger charge is -2.36. The minimum Gasteiger partial charge on any atom is -0.369 e. The van der Waals surface area contributed by atoms with Gasteiger partial charge in [0, 0.05) is 55.5 Å². The van der Waals surface area contributed by atoms with E-state index in [4.69, 9.17) is 0 Å². The highest BCUT2D eigenvalue weighted by atomic mass is 16.1. The van der Waals surface area contributed by atoms with Gasteiger partial charge in [0.05, 0.1) is 6.42 Å². The van der Waals surface area contributed by atoms with E-state index in [0.29, 0.717) is 6.42 Å². The van der Waals surface area contributed by atoms with Gasteiger partial charge in [-0.05, 0) is 36.7 Å². The molecule has 1 amide bonds. The number of fused-ring (bicyclic) bond motifs is 1. The molecule has 5 heteroatoms. The van der Waals surface area contributed by atoms with Crippen LogP contribution in [-0.2, 0) is 11.2 Å². The number of carbonyl (C=O) groups is 1. The zero-order valence-electron chi connectivity index (χ0n) is 16.2. The molecule has 4 rings (SSSR count). The van der Waals surface area contributed by atoms with Crippen LogP contribution >= 0.6 is 0 Å². The average molecular weight is 377 g/mol. The molecule has 1 saturated heterocycles. The number of benzene rings is 2. The summed E-state index contributed by atoms with van der Waals surface area (Å²) in [6.07, 6.45) is 3.36. The number of piperazine rings is 1. The Kier molecular flexibility index (Phi) is 5.92. The maximum Gasteiger partial charge on any atom is 0.224 e. The second-order valence-corrected chi connectivity index (χ2v) is 7.40. The molecule has 5 nitrogen and oxygen atoms in total. The molecule has 2 aromatic carbocycles. The van der Waals surface area contributed by atoms with Crippen LogP contribution in [0.25, 0.3) is 10.9 Å². The van der Waals surface area contributed by atoms with Crippen LogP contribution in [0.1, 0.15) is 12.0 Å². The van der Waals surface area contributed by atoms with Crippen LogP contribution in [0.15, 0.2) is 60.8 Å². The van der Waals surface area contributed by atoms with Crippen LogP contribution in [0, 0.1) is 0 Å². The lowest BCUT2D eigenvalue weighted by atomic mass is 10.1. The van der Waals surface area contributed by atoms with Crippen LogP contribution in [-0.4, -0.2) is 55.1 Å². The van der Waals surface area contributed by atoms with Gasteiger partial charge in [0.1, 0.15) is 0 Å². The number of nitrogens with one attached hydrogen (secondary N) is 2. The van der Waals surface area contributed by atoms with Crippen molar-refractivity contribution in [2.45, 2.75) is 12.8 Å². The number of amides is 1. The molecule has 1 aliphatic heterocycles. The summed E-state index contributed by atoms with van der Waals surface area (Å²) in [5.41, 5.74) is 3.46. The highest BCUT2D eigenvalue weighted by molar-refractivity contribution is 5.88. The first-order valence-corrected chi connectivity index (χ1v) is 10.1. The molecule has 1 fully saturated rings. The molecule has 1 aliphatic rings. The Morgan fingerprint density at radius 3 is 2.54 bits per heavy atom. The van der Waals surface area contributed by atoms with Crippen molar-refractivity contribution in [3.8, 4) is 0 Å². The van der Waals surface area contributed by atoms with Crippen LogP contribution in [0.3, 0.4) is 0 Å². The van der Waals surface area contributed by atoms with E-state index in [9.17, 15) is 4.79 Å². The number of H-pyrrole nitrogens is 1. The molecule has 0 radical (unpaired) electrons. The number of hydrogen-bond donors (Lipinski definition) is 2. The van der Waals surface area contributed by atoms with Crippen molar-refractivity contribution < 1.29 is 4.79 Å². The van der Waals surface area contributed by atoms with Gasteiger partial charge in [-0.3, -0.25) is 9.69 Å². The zero-order chi connectivity index (χ0) is 19.2. The molecule has 2 N–H and O–H groups in total. The van der Waals surface area contributed by atoms with E-state index in [-0.39, 0.29) is 5.91 Å². The number of rotatable bonds is 7. The molecule has 1 aromatic heterocycles. The first kappa shape index (κ1) is 18.6. The number of nitrogens with zero attached hydrogens (tertiary/aromatic N) is 2. The molecule has 28 heavy (non-hydrogen) atoms. The molecule has 0 saturated carbocycles. The van der Waals surface area contributed by atoms with Crippen molar-refractivity contribution >= 4 is 22.5 Å². The van der Waals surface area contributed by atoms with E-state index >= 15 is 0 Å². The summed E-state index contributed by atoms with van der Waals surface area (Å²) >= 11 is 0. The number of aromatic amines is 1. The lowest BCUT2D eigenvalue weighted by molar-refractivity contribution is -0.120. The van der Waals surface area contributed by atoms with Crippen molar-refractivity contribution in [3.05, 3.63) is 66.4 Å². The van der Waals surface area contributed by atoms with Crippen LogP contribution < -0.4 is 10.2 Å². The summed E-state index contributed by atoms with van der Waals surface area (Å²) in [5, 5.41) is 4.20. The van der Waals surface area contributed by atoms with Gasteiger partial charge in [-0.15, -0.1) is 0 Å². The van der Waals surface area contributed by atoms with Gasteiger partial charge in [0.25, 0.3) is 0 Å². The fourth-order valence-electron chi connectivity index (χ4n) is 3.91. The highest BCUT2D eigenvalue weighted by Crippen LogP contribution is 2.18. The molecule has 3 aromatic rings. The van der Waals surface area contributed by atoms with Crippen molar-refractivity contribution in [1.29, 1.82) is 0 Å². The van der Waals surface area contributed by atoms with Gasteiger partial charge in [-0.2, -0.15) is 0 Å².